The molecule has 0 amide bonds. The van der Waals surface area contributed by atoms with Crippen LogP contribution in [0.15, 0.2) is 61.9 Å². The maximum atomic E-state index is 13.1. The molecule has 0 saturated carbocycles. The minimum Gasteiger partial charge on any atom is -0.507 e. The Balaban J connectivity index is 0.000000223. The molecule has 0 atom stereocenters. The van der Waals surface area contributed by atoms with Gasteiger partial charge in [-0.3, -0.25) is 0 Å². The van der Waals surface area contributed by atoms with Crippen molar-refractivity contribution < 1.29 is 14.6 Å². The fourth-order valence-electron chi connectivity index (χ4n) is 2.53. The number of hydrogen-bond donors (Lipinski definition) is 2. The second kappa shape index (κ2) is 9.71. The Hall–Kier alpha value is -1.37. The molecular formula is C21H18Br3FO2. The van der Waals surface area contributed by atoms with E-state index in [1.54, 1.807) is 12.1 Å². The molecule has 0 bridgehead atoms. The van der Waals surface area contributed by atoms with Gasteiger partial charge in [0.15, 0.2) is 0 Å². The highest BCUT2D eigenvalue weighted by molar-refractivity contribution is 9.11. The molecule has 0 radical (unpaired) electrons. The molecule has 0 heterocycles. The van der Waals surface area contributed by atoms with Crippen molar-refractivity contribution in [3.63, 3.8) is 0 Å². The number of aryl methyl sites for hydroxylation is 2. The van der Waals surface area contributed by atoms with Gasteiger partial charge in [-0.1, -0.05) is 47.1 Å². The molecule has 2 N–H and O–H groups in total. The molecule has 0 aromatic heterocycles. The molecule has 0 aliphatic heterocycles. The Morgan fingerprint density at radius 3 is 2.22 bits per heavy atom. The van der Waals surface area contributed by atoms with Crippen LogP contribution in [0.5, 0.6) is 11.5 Å². The van der Waals surface area contributed by atoms with Crippen molar-refractivity contribution in [2.24, 2.45) is 0 Å². The van der Waals surface area contributed by atoms with Gasteiger partial charge in [0.1, 0.15) is 17.3 Å². The van der Waals surface area contributed by atoms with Crippen molar-refractivity contribution in [2.75, 3.05) is 0 Å². The zero-order valence-electron chi connectivity index (χ0n) is 14.7. The van der Waals surface area contributed by atoms with Gasteiger partial charge in [0.2, 0.25) is 0 Å². The van der Waals surface area contributed by atoms with Gasteiger partial charge in [0, 0.05) is 10.0 Å². The van der Waals surface area contributed by atoms with E-state index in [4.69, 9.17) is 0 Å². The summed E-state index contributed by atoms with van der Waals surface area (Å²) in [5, 5.41) is 19.0. The van der Waals surface area contributed by atoms with Crippen LogP contribution in [0.4, 0.5) is 4.39 Å². The Morgan fingerprint density at radius 1 is 0.926 bits per heavy atom. The summed E-state index contributed by atoms with van der Waals surface area (Å²) in [4.78, 5) is 0. The molecule has 27 heavy (non-hydrogen) atoms. The molecule has 142 valence electrons. The number of halogens is 4. The van der Waals surface area contributed by atoms with Gasteiger partial charge in [-0.2, -0.15) is 0 Å². The molecule has 0 aliphatic rings. The first kappa shape index (κ1) is 21.9. The van der Waals surface area contributed by atoms with Crippen LogP contribution in [0.2, 0.25) is 0 Å². The molecule has 3 aromatic carbocycles. The molecule has 6 heteroatoms. The van der Waals surface area contributed by atoms with Crippen LogP contribution in [0.1, 0.15) is 18.1 Å². The molecule has 0 fully saturated rings. The summed E-state index contributed by atoms with van der Waals surface area (Å²) in [6.45, 7) is 3.96. The predicted octanol–water partition coefficient (Wildman–Crippen LogP) is 7.75. The van der Waals surface area contributed by atoms with Crippen LogP contribution in [-0.4, -0.2) is 10.2 Å². The van der Waals surface area contributed by atoms with Crippen molar-refractivity contribution in [3.8, 4) is 22.6 Å². The van der Waals surface area contributed by atoms with Gasteiger partial charge in [0.25, 0.3) is 0 Å². The zero-order valence-corrected chi connectivity index (χ0v) is 19.5. The largest absolute Gasteiger partial charge is 0.507 e. The molecule has 0 spiro atoms. The van der Waals surface area contributed by atoms with E-state index in [0.717, 1.165) is 33.1 Å². The molecule has 0 aliphatic carbocycles. The summed E-state index contributed by atoms with van der Waals surface area (Å²) in [7, 11) is 0. The molecule has 0 unspecified atom stereocenters. The zero-order chi connectivity index (χ0) is 20.1. The SMILES string of the molecule is CCc1cccc(Br)c1O.Cc1ccc(O)c(Br)c1-c1ccc(F)cc1Br. The smallest absolute Gasteiger partial charge is 0.132 e. The lowest BCUT2D eigenvalue weighted by Gasteiger charge is -2.12. The monoisotopic (exact) mass is 558 g/mol. The van der Waals surface area contributed by atoms with E-state index in [1.165, 1.54) is 12.1 Å². The fraction of sp³-hybridized carbons (Fsp3) is 0.143. The van der Waals surface area contributed by atoms with E-state index in [1.807, 2.05) is 38.1 Å². The molecule has 2 nitrogen and oxygen atoms in total. The predicted molar refractivity (Wildman–Crippen MR) is 119 cm³/mol. The first-order valence-electron chi connectivity index (χ1n) is 8.16. The summed E-state index contributed by atoms with van der Waals surface area (Å²) in [5.74, 6) is 0.237. The average molecular weight is 561 g/mol. The summed E-state index contributed by atoms with van der Waals surface area (Å²) >= 11 is 9.93. The first-order chi connectivity index (χ1) is 12.8. The minimum absolute atomic E-state index is 0.168. The normalized spacial score (nSPS) is 10.3. The maximum Gasteiger partial charge on any atom is 0.132 e. The van der Waals surface area contributed by atoms with Crippen LogP contribution >= 0.6 is 47.8 Å². The number of hydrogen-bond acceptors (Lipinski definition) is 2. The highest BCUT2D eigenvalue weighted by Crippen LogP contribution is 2.40. The second-order valence-electron chi connectivity index (χ2n) is 5.82. The lowest BCUT2D eigenvalue weighted by Crippen LogP contribution is -1.88. The van der Waals surface area contributed by atoms with E-state index >= 15 is 0 Å². The third kappa shape index (κ3) is 5.33. The summed E-state index contributed by atoms with van der Waals surface area (Å²) in [5.41, 5.74) is 3.68. The van der Waals surface area contributed by atoms with E-state index < -0.39 is 0 Å². The van der Waals surface area contributed by atoms with E-state index in [2.05, 4.69) is 47.8 Å². The number of para-hydroxylation sites is 1. The van der Waals surface area contributed by atoms with Gasteiger partial charge in [0.05, 0.1) is 8.95 Å². The summed E-state index contributed by atoms with van der Waals surface area (Å²) in [6.07, 6.45) is 0.866. The number of phenolic OH excluding ortho intramolecular Hbond substituents is 2. The van der Waals surface area contributed by atoms with Crippen LogP contribution < -0.4 is 0 Å². The molecule has 3 aromatic rings. The third-order valence-corrected chi connectivity index (χ3v) is 6.08. The fourth-order valence-corrected chi connectivity index (χ4v) is 4.14. The van der Waals surface area contributed by atoms with Gasteiger partial charge >= 0.3 is 0 Å². The number of aromatic hydroxyl groups is 2. The topological polar surface area (TPSA) is 40.5 Å². The molecule has 3 rings (SSSR count). The minimum atomic E-state index is -0.297. The van der Waals surface area contributed by atoms with Gasteiger partial charge in [-0.25, -0.2) is 4.39 Å². The van der Waals surface area contributed by atoms with Crippen LogP contribution in [0, 0.1) is 12.7 Å². The Kier molecular flexibility index (Phi) is 7.89. The lowest BCUT2D eigenvalue weighted by atomic mass is 10.0. The standard InChI is InChI=1S/C13H9Br2FO.C8H9BrO/c1-7-2-5-11(17)13(15)12(7)9-4-3-8(16)6-10(9)14;1-2-6-4-3-5-7(9)8(6)10/h2-6,17H,1H3;3-5,10H,2H2,1H3. The van der Waals surface area contributed by atoms with Crippen molar-refractivity contribution >= 4 is 47.8 Å². The Bertz CT molecular complexity index is 958. The van der Waals surface area contributed by atoms with Crippen molar-refractivity contribution in [1.29, 1.82) is 0 Å². The highest BCUT2D eigenvalue weighted by atomic mass is 79.9. The van der Waals surface area contributed by atoms with Gasteiger partial charge in [-0.05, 0) is 86.2 Å². The molecule has 0 saturated heterocycles. The summed E-state index contributed by atoms with van der Waals surface area (Å²) < 4.78 is 15.1. The second-order valence-corrected chi connectivity index (χ2v) is 8.32. The van der Waals surface area contributed by atoms with Gasteiger partial charge in [-0.15, -0.1) is 0 Å². The third-order valence-electron chi connectivity index (χ3n) is 3.98. The van der Waals surface area contributed by atoms with Crippen LogP contribution in [0.3, 0.4) is 0 Å². The summed E-state index contributed by atoms with van der Waals surface area (Å²) in [6, 6.07) is 13.6. The van der Waals surface area contributed by atoms with Crippen molar-refractivity contribution in [2.45, 2.75) is 20.3 Å². The Morgan fingerprint density at radius 2 is 1.63 bits per heavy atom. The van der Waals surface area contributed by atoms with E-state index in [0.29, 0.717) is 14.7 Å². The van der Waals surface area contributed by atoms with E-state index in [-0.39, 0.29) is 11.6 Å². The lowest BCUT2D eigenvalue weighted by molar-refractivity contribution is 0.465. The van der Waals surface area contributed by atoms with Crippen molar-refractivity contribution in [3.05, 3.63) is 78.9 Å². The van der Waals surface area contributed by atoms with Gasteiger partial charge < -0.3 is 10.2 Å². The number of phenols is 2. The van der Waals surface area contributed by atoms with Crippen LogP contribution in [0.25, 0.3) is 11.1 Å². The number of rotatable bonds is 2. The number of benzene rings is 3. The van der Waals surface area contributed by atoms with Crippen LogP contribution in [-0.2, 0) is 6.42 Å². The maximum absolute atomic E-state index is 13.1. The van der Waals surface area contributed by atoms with Crippen molar-refractivity contribution in [1.82, 2.24) is 0 Å². The quantitative estimate of drug-likeness (QED) is 0.336. The highest BCUT2D eigenvalue weighted by Gasteiger charge is 2.13. The Labute approximate surface area is 183 Å². The first-order valence-corrected chi connectivity index (χ1v) is 10.5. The molecular weight excluding hydrogens is 543 g/mol. The average Bonchev–Trinajstić information content (AvgIpc) is 2.63. The van der Waals surface area contributed by atoms with E-state index in [9.17, 15) is 14.6 Å².